The lowest BCUT2D eigenvalue weighted by atomic mass is 9.91. The van der Waals surface area contributed by atoms with Crippen molar-refractivity contribution in [1.29, 1.82) is 0 Å². The normalized spacial score (nSPS) is 21.8. The molecule has 1 aromatic carbocycles. The summed E-state index contributed by atoms with van der Waals surface area (Å²) in [5, 5.41) is 6.82. The van der Waals surface area contributed by atoms with Gasteiger partial charge >= 0.3 is 6.09 Å². The average Bonchev–Trinajstić information content (AvgIpc) is 3.54. The Morgan fingerprint density at radius 2 is 1.79 bits per heavy atom. The molecule has 0 unspecified atom stereocenters. The van der Waals surface area contributed by atoms with Crippen molar-refractivity contribution in [1.82, 2.24) is 15.3 Å². The van der Waals surface area contributed by atoms with Gasteiger partial charge in [0.2, 0.25) is 5.28 Å². The summed E-state index contributed by atoms with van der Waals surface area (Å²) in [5.74, 6) is 1.44. The standard InChI is InChI=1S/C21H25ClN4O2/c22-20-23-12-18(15-6-7-15)19(26-20)24-16-8-10-17(11-9-16)25-21(27)28-13-14-4-2-1-3-5-14/h1-5,12,15-17H,6-11,13H2,(H,25,27)(H,23,24,26). The largest absolute Gasteiger partial charge is 0.445 e. The highest BCUT2D eigenvalue weighted by atomic mass is 35.5. The van der Waals surface area contributed by atoms with Gasteiger partial charge in [0.1, 0.15) is 12.4 Å². The zero-order chi connectivity index (χ0) is 19.3. The summed E-state index contributed by atoms with van der Waals surface area (Å²) in [6.45, 7) is 0.294. The molecule has 0 atom stereocenters. The summed E-state index contributed by atoms with van der Waals surface area (Å²) in [7, 11) is 0. The van der Waals surface area contributed by atoms with Crippen molar-refractivity contribution in [3.63, 3.8) is 0 Å². The van der Waals surface area contributed by atoms with Gasteiger partial charge in [-0.3, -0.25) is 0 Å². The maximum Gasteiger partial charge on any atom is 0.407 e. The number of benzene rings is 1. The third-order valence-electron chi connectivity index (χ3n) is 5.41. The molecule has 0 spiro atoms. The summed E-state index contributed by atoms with van der Waals surface area (Å²) in [6.07, 6.45) is 7.66. The fourth-order valence-corrected chi connectivity index (χ4v) is 3.82. The molecule has 1 heterocycles. The quantitative estimate of drug-likeness (QED) is 0.690. The van der Waals surface area contributed by atoms with E-state index >= 15 is 0 Å². The van der Waals surface area contributed by atoms with E-state index < -0.39 is 0 Å². The Hall–Kier alpha value is -2.34. The number of aromatic nitrogens is 2. The number of alkyl carbamates (subject to hydrolysis) is 1. The van der Waals surface area contributed by atoms with Crippen LogP contribution in [0.5, 0.6) is 0 Å². The van der Waals surface area contributed by atoms with Gasteiger partial charge in [0.15, 0.2) is 0 Å². The van der Waals surface area contributed by atoms with Gasteiger partial charge in [-0.2, -0.15) is 0 Å². The van der Waals surface area contributed by atoms with Gasteiger partial charge in [0.05, 0.1) is 0 Å². The molecule has 7 heteroatoms. The Morgan fingerprint density at radius 3 is 2.50 bits per heavy atom. The van der Waals surface area contributed by atoms with Crippen molar-refractivity contribution in [2.75, 3.05) is 5.32 Å². The van der Waals surface area contributed by atoms with Crippen molar-refractivity contribution in [3.05, 3.63) is 52.9 Å². The lowest BCUT2D eigenvalue weighted by molar-refractivity contribution is 0.132. The molecule has 0 radical (unpaired) electrons. The summed E-state index contributed by atoms with van der Waals surface area (Å²) >= 11 is 5.99. The van der Waals surface area contributed by atoms with Gasteiger partial charge in [-0.1, -0.05) is 30.3 Å². The van der Waals surface area contributed by atoms with Gasteiger partial charge in [0.25, 0.3) is 0 Å². The molecule has 2 saturated carbocycles. The summed E-state index contributed by atoms with van der Waals surface area (Å²) in [5.41, 5.74) is 2.16. The highest BCUT2D eigenvalue weighted by Gasteiger charge is 2.29. The van der Waals surface area contributed by atoms with Crippen LogP contribution < -0.4 is 10.6 Å². The number of rotatable bonds is 6. The topological polar surface area (TPSA) is 76.1 Å². The highest BCUT2D eigenvalue weighted by molar-refractivity contribution is 6.28. The number of amides is 1. The second kappa shape index (κ2) is 8.78. The van der Waals surface area contributed by atoms with Crippen LogP contribution in [0, 0.1) is 0 Å². The maximum atomic E-state index is 12.0. The van der Waals surface area contributed by atoms with Crippen LogP contribution in [0.3, 0.4) is 0 Å². The number of hydrogen-bond acceptors (Lipinski definition) is 5. The van der Waals surface area contributed by atoms with E-state index in [1.54, 1.807) is 0 Å². The van der Waals surface area contributed by atoms with Crippen LogP contribution in [0.15, 0.2) is 36.5 Å². The number of halogens is 1. The van der Waals surface area contributed by atoms with E-state index in [0.29, 0.717) is 18.6 Å². The first-order valence-electron chi connectivity index (χ1n) is 9.93. The molecule has 148 valence electrons. The molecule has 0 aliphatic heterocycles. The molecule has 1 aromatic heterocycles. The van der Waals surface area contributed by atoms with E-state index in [1.807, 2.05) is 36.5 Å². The minimum absolute atomic E-state index is 0.151. The summed E-state index contributed by atoms with van der Waals surface area (Å²) in [6, 6.07) is 10.2. The summed E-state index contributed by atoms with van der Waals surface area (Å²) < 4.78 is 5.32. The highest BCUT2D eigenvalue weighted by Crippen LogP contribution is 2.43. The van der Waals surface area contributed by atoms with E-state index in [1.165, 1.54) is 18.4 Å². The second-order valence-electron chi connectivity index (χ2n) is 7.62. The van der Waals surface area contributed by atoms with Gasteiger partial charge in [0, 0.05) is 23.8 Å². The van der Waals surface area contributed by atoms with Crippen LogP contribution in [0.4, 0.5) is 10.6 Å². The predicted molar refractivity (Wildman–Crippen MR) is 108 cm³/mol. The van der Waals surface area contributed by atoms with Crippen LogP contribution in [0.2, 0.25) is 5.28 Å². The molecular formula is C21H25ClN4O2. The van der Waals surface area contributed by atoms with Crippen molar-refractivity contribution in [2.24, 2.45) is 0 Å². The van der Waals surface area contributed by atoms with Gasteiger partial charge in [-0.05, 0) is 61.6 Å². The Kier molecular flexibility index (Phi) is 5.95. The van der Waals surface area contributed by atoms with Crippen LogP contribution in [0.25, 0.3) is 0 Å². The fraction of sp³-hybridized carbons (Fsp3) is 0.476. The van der Waals surface area contributed by atoms with Crippen LogP contribution >= 0.6 is 11.6 Å². The molecule has 6 nitrogen and oxygen atoms in total. The van der Waals surface area contributed by atoms with Gasteiger partial charge in [-0.15, -0.1) is 0 Å². The third-order valence-corrected chi connectivity index (χ3v) is 5.59. The number of nitrogens with zero attached hydrogens (tertiary/aromatic N) is 2. The molecule has 2 fully saturated rings. The Labute approximate surface area is 170 Å². The van der Waals surface area contributed by atoms with E-state index in [4.69, 9.17) is 16.3 Å². The van der Waals surface area contributed by atoms with E-state index in [-0.39, 0.29) is 17.4 Å². The zero-order valence-electron chi connectivity index (χ0n) is 15.7. The molecule has 2 aliphatic rings. The Morgan fingerprint density at radius 1 is 1.07 bits per heavy atom. The predicted octanol–water partition coefficient (Wildman–Crippen LogP) is 4.66. The zero-order valence-corrected chi connectivity index (χ0v) is 16.5. The number of anilines is 1. The molecule has 0 bridgehead atoms. The molecule has 0 saturated heterocycles. The van der Waals surface area contributed by atoms with E-state index in [2.05, 4.69) is 20.6 Å². The Bertz CT molecular complexity index is 805. The SMILES string of the molecule is O=C(NC1CCC(Nc2nc(Cl)ncc2C2CC2)CC1)OCc1ccccc1. The third kappa shape index (κ3) is 5.13. The monoisotopic (exact) mass is 400 g/mol. The van der Waals surface area contributed by atoms with Crippen molar-refractivity contribution < 1.29 is 9.53 Å². The second-order valence-corrected chi connectivity index (χ2v) is 7.95. The van der Waals surface area contributed by atoms with Crippen LogP contribution in [-0.4, -0.2) is 28.1 Å². The first-order valence-corrected chi connectivity index (χ1v) is 10.3. The summed E-state index contributed by atoms with van der Waals surface area (Å²) in [4.78, 5) is 20.6. The van der Waals surface area contributed by atoms with Gasteiger partial charge < -0.3 is 15.4 Å². The minimum atomic E-state index is -0.348. The van der Waals surface area contributed by atoms with Crippen molar-refractivity contribution >= 4 is 23.5 Å². The maximum absolute atomic E-state index is 12.0. The Balaban J connectivity index is 1.23. The lowest BCUT2D eigenvalue weighted by Crippen LogP contribution is -2.40. The first kappa shape index (κ1) is 19.0. The van der Waals surface area contributed by atoms with Crippen molar-refractivity contribution in [2.45, 2.75) is 63.1 Å². The molecule has 28 heavy (non-hydrogen) atoms. The van der Waals surface area contributed by atoms with E-state index in [0.717, 1.165) is 37.1 Å². The molecule has 1 amide bonds. The number of hydrogen-bond donors (Lipinski definition) is 2. The molecule has 2 aliphatic carbocycles. The number of carbonyl (C=O) groups excluding carboxylic acids is 1. The van der Waals surface area contributed by atoms with E-state index in [9.17, 15) is 4.79 Å². The average molecular weight is 401 g/mol. The number of nitrogens with one attached hydrogen (secondary N) is 2. The smallest absolute Gasteiger partial charge is 0.407 e. The number of ether oxygens (including phenoxy) is 1. The molecule has 2 aromatic rings. The number of carbonyl (C=O) groups is 1. The van der Waals surface area contributed by atoms with Crippen LogP contribution in [0.1, 0.15) is 55.6 Å². The lowest BCUT2D eigenvalue weighted by Gasteiger charge is -2.30. The van der Waals surface area contributed by atoms with Gasteiger partial charge in [-0.25, -0.2) is 14.8 Å². The van der Waals surface area contributed by atoms with Crippen LogP contribution in [-0.2, 0) is 11.3 Å². The fourth-order valence-electron chi connectivity index (χ4n) is 3.69. The van der Waals surface area contributed by atoms with Crippen molar-refractivity contribution in [3.8, 4) is 0 Å². The molecule has 4 rings (SSSR count). The molecule has 2 N–H and O–H groups in total. The first-order chi connectivity index (χ1) is 13.7. The minimum Gasteiger partial charge on any atom is -0.445 e. The molecular weight excluding hydrogens is 376 g/mol.